The summed E-state index contributed by atoms with van der Waals surface area (Å²) in [5, 5.41) is 4.21. The van der Waals surface area contributed by atoms with Gasteiger partial charge in [-0.3, -0.25) is 0 Å². The highest BCUT2D eigenvalue weighted by atomic mass is 16.7. The Balaban J connectivity index is 1.62. The van der Waals surface area contributed by atoms with E-state index in [1.165, 1.54) is 22.3 Å². The maximum Gasteiger partial charge on any atom is 0.168 e. The predicted molar refractivity (Wildman–Crippen MR) is 95.1 cm³/mol. The second-order valence-electron chi connectivity index (χ2n) is 7.53. The minimum atomic E-state index is -0.355. The summed E-state index contributed by atoms with van der Waals surface area (Å²) < 4.78 is 17.4. The van der Waals surface area contributed by atoms with Crippen molar-refractivity contribution in [3.63, 3.8) is 0 Å². The first-order valence-corrected chi connectivity index (χ1v) is 9.16. The van der Waals surface area contributed by atoms with Crippen LogP contribution in [0, 0.1) is 13.8 Å². The summed E-state index contributed by atoms with van der Waals surface area (Å²) in [5.41, 5.74) is 6.28. The van der Waals surface area contributed by atoms with Crippen LogP contribution in [0.25, 0.3) is 11.6 Å². The maximum absolute atomic E-state index is 5.97. The fourth-order valence-corrected chi connectivity index (χ4v) is 5.06. The number of allylic oxidation sites excluding steroid dienone is 1. The third-order valence-corrected chi connectivity index (χ3v) is 6.27. The van der Waals surface area contributed by atoms with Crippen LogP contribution >= 0.6 is 0 Å². The molecule has 1 saturated heterocycles. The van der Waals surface area contributed by atoms with Gasteiger partial charge < -0.3 is 14.0 Å². The van der Waals surface area contributed by atoms with Gasteiger partial charge in [-0.1, -0.05) is 29.4 Å². The minimum Gasteiger partial charge on any atom is -0.361 e. The molecule has 2 heterocycles. The lowest BCUT2D eigenvalue weighted by molar-refractivity contribution is -0.182. The Morgan fingerprint density at radius 2 is 1.68 bits per heavy atom. The summed E-state index contributed by atoms with van der Waals surface area (Å²) in [6.45, 7) is 5.49. The average Bonchev–Trinajstić information content (AvgIpc) is 3.29. The number of fused-ring (bicyclic) bond motifs is 2. The first kappa shape index (κ1) is 15.4. The van der Waals surface area contributed by atoms with Gasteiger partial charge in [0.15, 0.2) is 5.79 Å². The summed E-state index contributed by atoms with van der Waals surface area (Å²) in [4.78, 5) is 0. The van der Waals surface area contributed by atoms with Crippen molar-refractivity contribution in [3.8, 4) is 0 Å². The van der Waals surface area contributed by atoms with Crippen LogP contribution in [0.4, 0.5) is 0 Å². The molecule has 0 atom stereocenters. The normalized spacial score (nSPS) is 23.2. The van der Waals surface area contributed by atoms with Crippen molar-refractivity contribution in [2.75, 3.05) is 13.2 Å². The molecule has 130 valence electrons. The summed E-state index contributed by atoms with van der Waals surface area (Å²) in [6, 6.07) is 8.77. The maximum atomic E-state index is 5.97. The highest BCUT2D eigenvalue weighted by molar-refractivity contribution is 5.95. The smallest absolute Gasteiger partial charge is 0.168 e. The molecule has 2 spiro atoms. The molecule has 1 saturated carbocycles. The molecular weight excluding hydrogens is 314 g/mol. The van der Waals surface area contributed by atoms with Gasteiger partial charge in [0, 0.05) is 23.8 Å². The second-order valence-corrected chi connectivity index (χ2v) is 7.53. The highest BCUT2D eigenvalue weighted by Crippen LogP contribution is 2.58. The van der Waals surface area contributed by atoms with Gasteiger partial charge in [0.2, 0.25) is 0 Å². The summed E-state index contributed by atoms with van der Waals surface area (Å²) in [5.74, 6) is 0.552. The van der Waals surface area contributed by atoms with E-state index in [2.05, 4.69) is 35.5 Å². The molecule has 0 amide bonds. The quantitative estimate of drug-likeness (QED) is 0.773. The predicted octanol–water partition coefficient (Wildman–Crippen LogP) is 4.40. The molecule has 4 nitrogen and oxygen atoms in total. The van der Waals surface area contributed by atoms with Gasteiger partial charge in [-0.15, -0.1) is 0 Å². The van der Waals surface area contributed by atoms with E-state index in [0.29, 0.717) is 0 Å². The van der Waals surface area contributed by atoms with Crippen LogP contribution in [-0.2, 0) is 14.9 Å². The van der Waals surface area contributed by atoms with E-state index in [9.17, 15) is 0 Å². The van der Waals surface area contributed by atoms with Gasteiger partial charge >= 0.3 is 0 Å². The molecule has 1 aromatic carbocycles. The Bertz CT molecular complexity index is 828. The van der Waals surface area contributed by atoms with E-state index in [4.69, 9.17) is 14.0 Å². The largest absolute Gasteiger partial charge is 0.361 e. The van der Waals surface area contributed by atoms with E-state index in [1.807, 2.05) is 13.8 Å². The van der Waals surface area contributed by atoms with Gasteiger partial charge in [0.05, 0.1) is 18.9 Å². The number of benzene rings is 1. The first-order valence-electron chi connectivity index (χ1n) is 9.16. The molecule has 0 bridgehead atoms. The fourth-order valence-electron chi connectivity index (χ4n) is 5.06. The van der Waals surface area contributed by atoms with Crippen molar-refractivity contribution < 1.29 is 14.0 Å². The summed E-state index contributed by atoms with van der Waals surface area (Å²) >= 11 is 0. The molecule has 2 fully saturated rings. The number of aryl methyl sites for hydroxylation is 2. The van der Waals surface area contributed by atoms with E-state index < -0.39 is 0 Å². The van der Waals surface area contributed by atoms with Crippen LogP contribution in [0.1, 0.15) is 53.8 Å². The molecule has 25 heavy (non-hydrogen) atoms. The average molecular weight is 337 g/mol. The third-order valence-electron chi connectivity index (χ3n) is 6.27. The molecule has 0 radical (unpaired) electrons. The van der Waals surface area contributed by atoms with E-state index >= 15 is 0 Å². The molecule has 1 aromatic heterocycles. The van der Waals surface area contributed by atoms with Gasteiger partial charge in [0.1, 0.15) is 5.76 Å². The molecule has 0 unspecified atom stereocenters. The zero-order valence-electron chi connectivity index (χ0n) is 14.8. The van der Waals surface area contributed by atoms with Crippen molar-refractivity contribution in [1.82, 2.24) is 5.16 Å². The van der Waals surface area contributed by atoms with Gasteiger partial charge in [-0.25, -0.2) is 0 Å². The van der Waals surface area contributed by atoms with E-state index in [0.717, 1.165) is 50.4 Å². The zero-order valence-corrected chi connectivity index (χ0v) is 14.8. The molecule has 0 N–H and O–H groups in total. The van der Waals surface area contributed by atoms with Crippen molar-refractivity contribution >= 4 is 11.6 Å². The Morgan fingerprint density at radius 1 is 0.960 bits per heavy atom. The Morgan fingerprint density at radius 3 is 2.36 bits per heavy atom. The third kappa shape index (κ3) is 2.10. The van der Waals surface area contributed by atoms with Crippen LogP contribution in [0.15, 0.2) is 28.8 Å². The Kier molecular flexibility index (Phi) is 3.25. The molecule has 4 heteroatoms. The van der Waals surface area contributed by atoms with Crippen LogP contribution in [0.3, 0.4) is 0 Å². The monoisotopic (exact) mass is 337 g/mol. The van der Waals surface area contributed by atoms with Crippen LogP contribution in [-0.4, -0.2) is 24.2 Å². The van der Waals surface area contributed by atoms with Gasteiger partial charge in [-0.2, -0.15) is 0 Å². The lowest BCUT2D eigenvalue weighted by Gasteiger charge is -2.44. The number of hydrogen-bond donors (Lipinski definition) is 0. The van der Waals surface area contributed by atoms with Crippen LogP contribution in [0.5, 0.6) is 0 Å². The molecular formula is C21H23NO3. The Hall–Kier alpha value is -1.91. The number of aromatic nitrogens is 1. The minimum absolute atomic E-state index is 0.0121. The standard InChI is InChI=1S/C21H23NO3/c1-14-19(15(2)25-22-14)18-13-16-5-3-4-6-17(16)20(18)7-9-21(10-8-20)23-11-12-24-21/h3-6,13H,7-12H2,1-2H3. The topological polar surface area (TPSA) is 44.5 Å². The molecule has 2 aliphatic carbocycles. The number of hydrogen-bond acceptors (Lipinski definition) is 4. The summed E-state index contributed by atoms with van der Waals surface area (Å²) in [6.07, 6.45) is 6.26. The molecule has 5 rings (SSSR count). The van der Waals surface area contributed by atoms with Crippen molar-refractivity contribution in [1.29, 1.82) is 0 Å². The van der Waals surface area contributed by atoms with Crippen LogP contribution < -0.4 is 0 Å². The molecule has 2 aromatic rings. The summed E-state index contributed by atoms with van der Waals surface area (Å²) in [7, 11) is 0. The van der Waals surface area contributed by atoms with Crippen molar-refractivity contribution in [2.45, 2.75) is 50.7 Å². The van der Waals surface area contributed by atoms with Crippen molar-refractivity contribution in [2.24, 2.45) is 0 Å². The second kappa shape index (κ2) is 5.29. The number of ether oxygens (including phenoxy) is 2. The van der Waals surface area contributed by atoms with Gasteiger partial charge in [-0.05, 0) is 49.5 Å². The zero-order chi connectivity index (χ0) is 17.1. The lowest BCUT2D eigenvalue weighted by Crippen LogP contribution is -2.42. The molecule has 1 aliphatic heterocycles. The first-order chi connectivity index (χ1) is 12.1. The Labute approximate surface area is 147 Å². The fraction of sp³-hybridized carbons (Fsp3) is 0.476. The van der Waals surface area contributed by atoms with Gasteiger partial charge in [0.25, 0.3) is 0 Å². The number of nitrogens with zero attached hydrogens (tertiary/aromatic N) is 1. The van der Waals surface area contributed by atoms with Crippen molar-refractivity contribution in [3.05, 3.63) is 52.4 Å². The lowest BCUT2D eigenvalue weighted by atomic mass is 9.64. The SMILES string of the molecule is Cc1noc(C)c1C1=Cc2ccccc2C12CCC1(CC2)OCCO1. The van der Waals surface area contributed by atoms with Crippen LogP contribution in [0.2, 0.25) is 0 Å². The van der Waals surface area contributed by atoms with E-state index in [-0.39, 0.29) is 11.2 Å². The van der Waals surface area contributed by atoms with E-state index in [1.54, 1.807) is 0 Å². The number of rotatable bonds is 1. The highest BCUT2D eigenvalue weighted by Gasteiger charge is 2.51. The molecule has 3 aliphatic rings.